The van der Waals surface area contributed by atoms with Gasteiger partial charge in [0, 0.05) is 24.9 Å². The summed E-state index contributed by atoms with van der Waals surface area (Å²) in [4.78, 5) is 21.0. The van der Waals surface area contributed by atoms with Crippen molar-refractivity contribution in [2.24, 2.45) is 11.5 Å². The van der Waals surface area contributed by atoms with Crippen LogP contribution in [0.4, 0.5) is 0 Å². The predicted octanol–water partition coefficient (Wildman–Crippen LogP) is 2.89. The molecular weight excluding hydrogens is 414 g/mol. The molecule has 0 radical (unpaired) electrons. The quantitative estimate of drug-likeness (QED) is 0.443. The highest BCUT2D eigenvalue weighted by Gasteiger charge is 2.29. The number of benzene rings is 1. The van der Waals surface area contributed by atoms with Gasteiger partial charge in [-0.25, -0.2) is 14.5 Å². The van der Waals surface area contributed by atoms with E-state index in [0.29, 0.717) is 16.4 Å². The van der Waals surface area contributed by atoms with Gasteiger partial charge in [0.05, 0.1) is 34.5 Å². The zero-order valence-electron chi connectivity index (χ0n) is 16.3. The van der Waals surface area contributed by atoms with Crippen molar-refractivity contribution in [3.63, 3.8) is 0 Å². The zero-order chi connectivity index (χ0) is 21.5. The lowest BCUT2D eigenvalue weighted by Crippen LogP contribution is -2.21. The Morgan fingerprint density at radius 1 is 1.19 bits per heavy atom. The fourth-order valence-electron chi connectivity index (χ4n) is 4.01. The van der Waals surface area contributed by atoms with Gasteiger partial charge < -0.3 is 11.5 Å². The first-order chi connectivity index (χ1) is 15.1. The molecule has 5 rings (SSSR count). The number of hydrogen-bond acceptors (Lipinski definition) is 5. The molecule has 1 amide bonds. The van der Waals surface area contributed by atoms with Gasteiger partial charge in [0.15, 0.2) is 5.65 Å². The summed E-state index contributed by atoms with van der Waals surface area (Å²) in [5.41, 5.74) is 16.5. The molecule has 1 aromatic carbocycles. The number of halogens is 1. The summed E-state index contributed by atoms with van der Waals surface area (Å²) in [5, 5.41) is 5.14. The van der Waals surface area contributed by atoms with Crippen molar-refractivity contribution in [3.8, 4) is 11.3 Å². The van der Waals surface area contributed by atoms with Crippen LogP contribution >= 0.6 is 11.6 Å². The van der Waals surface area contributed by atoms with Crippen molar-refractivity contribution in [3.05, 3.63) is 89.2 Å². The third-order valence-electron chi connectivity index (χ3n) is 5.34. The molecule has 0 aliphatic carbocycles. The number of rotatable bonds is 5. The number of carbonyl (C=O) groups is 1. The van der Waals surface area contributed by atoms with Crippen LogP contribution < -0.4 is 11.5 Å². The third kappa shape index (κ3) is 3.04. The van der Waals surface area contributed by atoms with E-state index < -0.39 is 11.8 Å². The second-order valence-electron chi connectivity index (χ2n) is 7.11. The molecule has 31 heavy (non-hydrogen) atoms. The number of aromatic nitrogens is 5. The van der Waals surface area contributed by atoms with Crippen LogP contribution in [0.1, 0.15) is 27.5 Å². The van der Waals surface area contributed by atoms with E-state index >= 15 is 0 Å². The summed E-state index contributed by atoms with van der Waals surface area (Å²) in [6.45, 7) is 0.181. The Kier molecular flexibility index (Phi) is 4.65. The van der Waals surface area contributed by atoms with E-state index in [9.17, 15) is 4.79 Å². The highest BCUT2D eigenvalue weighted by Crippen LogP contribution is 2.37. The van der Waals surface area contributed by atoms with Crippen LogP contribution in [0.5, 0.6) is 0 Å². The van der Waals surface area contributed by atoms with E-state index in [1.165, 1.54) is 4.52 Å². The molecule has 0 saturated heterocycles. The van der Waals surface area contributed by atoms with Gasteiger partial charge in [-0.1, -0.05) is 41.9 Å². The molecule has 0 saturated carbocycles. The molecule has 4 N–H and O–H groups in total. The molecule has 9 heteroatoms. The summed E-state index contributed by atoms with van der Waals surface area (Å²) in [5.74, 6) is -1.07. The summed E-state index contributed by atoms with van der Waals surface area (Å²) in [6.07, 6.45) is 6.73. The molecule has 1 unspecified atom stereocenters. The minimum absolute atomic E-state index is 0.181. The van der Waals surface area contributed by atoms with E-state index in [1.807, 2.05) is 40.8 Å². The number of imidazole rings is 1. The lowest BCUT2D eigenvalue weighted by atomic mass is 9.89. The van der Waals surface area contributed by atoms with E-state index in [1.54, 1.807) is 31.0 Å². The van der Waals surface area contributed by atoms with Crippen molar-refractivity contribution < 1.29 is 4.79 Å². The maximum atomic E-state index is 12.4. The fraction of sp³-hybridized carbons (Fsp3) is 0.0909. The molecular formula is C22H18ClN7O. The Morgan fingerprint density at radius 2 is 2.00 bits per heavy atom. The Hall–Kier alpha value is -3.75. The number of fused-ring (bicyclic) bond motifs is 2. The van der Waals surface area contributed by atoms with Gasteiger partial charge in [-0.3, -0.25) is 9.20 Å². The lowest BCUT2D eigenvalue weighted by molar-refractivity contribution is 0.100. The van der Waals surface area contributed by atoms with Crippen LogP contribution in [0.3, 0.4) is 0 Å². The molecule has 0 fully saturated rings. The van der Waals surface area contributed by atoms with E-state index in [4.69, 9.17) is 23.1 Å². The second-order valence-corrected chi connectivity index (χ2v) is 7.52. The molecule has 4 heterocycles. The van der Waals surface area contributed by atoms with Crippen molar-refractivity contribution >= 4 is 28.7 Å². The number of nitrogens with zero attached hydrogens (tertiary/aromatic N) is 5. The number of pyridine rings is 1. The van der Waals surface area contributed by atoms with E-state index in [2.05, 4.69) is 15.1 Å². The highest BCUT2D eigenvalue weighted by atomic mass is 35.5. The zero-order valence-corrected chi connectivity index (χ0v) is 17.1. The van der Waals surface area contributed by atoms with Gasteiger partial charge in [-0.2, -0.15) is 5.10 Å². The number of amides is 1. The van der Waals surface area contributed by atoms with Gasteiger partial charge in [0.2, 0.25) is 0 Å². The van der Waals surface area contributed by atoms with Crippen LogP contribution in [0, 0.1) is 0 Å². The first-order valence-electron chi connectivity index (χ1n) is 9.63. The second kappa shape index (κ2) is 7.50. The monoisotopic (exact) mass is 431 g/mol. The van der Waals surface area contributed by atoms with E-state index in [-0.39, 0.29) is 12.1 Å². The van der Waals surface area contributed by atoms with Crippen molar-refractivity contribution in [1.29, 1.82) is 0 Å². The number of nitrogens with two attached hydrogens (primary N) is 2. The van der Waals surface area contributed by atoms with Crippen molar-refractivity contribution in [2.45, 2.75) is 5.92 Å². The molecule has 1 atom stereocenters. The third-order valence-corrected chi connectivity index (χ3v) is 5.64. The molecule has 0 bridgehead atoms. The average molecular weight is 432 g/mol. The summed E-state index contributed by atoms with van der Waals surface area (Å²) in [7, 11) is 0. The first kappa shape index (κ1) is 19.2. The topological polar surface area (TPSA) is 117 Å². The van der Waals surface area contributed by atoms with Gasteiger partial charge in [0.25, 0.3) is 5.91 Å². The SMILES string of the molecule is NCC(c1cc(Cl)c2cncn2c1-c1ccccc1)c1nn2cccnc2c1C(N)=O. The molecule has 5 aromatic rings. The number of hydrogen-bond donors (Lipinski definition) is 2. The average Bonchev–Trinajstić information content (AvgIpc) is 3.40. The van der Waals surface area contributed by atoms with Crippen LogP contribution in [-0.4, -0.2) is 36.4 Å². The molecule has 154 valence electrons. The largest absolute Gasteiger partial charge is 0.365 e. The highest BCUT2D eigenvalue weighted by molar-refractivity contribution is 6.34. The Morgan fingerprint density at radius 3 is 2.74 bits per heavy atom. The number of primary amides is 1. The maximum Gasteiger partial charge on any atom is 0.254 e. The summed E-state index contributed by atoms with van der Waals surface area (Å²) < 4.78 is 3.46. The predicted molar refractivity (Wildman–Crippen MR) is 118 cm³/mol. The molecule has 4 aromatic heterocycles. The summed E-state index contributed by atoms with van der Waals surface area (Å²) >= 11 is 6.60. The van der Waals surface area contributed by atoms with Crippen LogP contribution in [0.2, 0.25) is 5.02 Å². The fourth-order valence-corrected chi connectivity index (χ4v) is 4.26. The van der Waals surface area contributed by atoms with E-state index in [0.717, 1.165) is 22.3 Å². The van der Waals surface area contributed by atoms with Gasteiger partial charge >= 0.3 is 0 Å². The molecule has 0 aliphatic rings. The molecule has 0 aliphatic heterocycles. The van der Waals surface area contributed by atoms with Crippen molar-refractivity contribution in [2.75, 3.05) is 6.54 Å². The van der Waals surface area contributed by atoms with Gasteiger partial charge in [-0.15, -0.1) is 0 Å². The van der Waals surface area contributed by atoms with Gasteiger partial charge in [-0.05, 0) is 23.3 Å². The normalized spacial score (nSPS) is 12.5. The number of carbonyl (C=O) groups excluding carboxylic acids is 1. The van der Waals surface area contributed by atoms with Crippen molar-refractivity contribution in [1.82, 2.24) is 24.0 Å². The minimum atomic E-state index is -0.613. The maximum absolute atomic E-state index is 12.4. The summed E-state index contributed by atoms with van der Waals surface area (Å²) in [6, 6.07) is 13.5. The molecule has 0 spiro atoms. The Bertz CT molecular complexity index is 1420. The first-order valence-corrected chi connectivity index (χ1v) is 10.0. The minimum Gasteiger partial charge on any atom is -0.365 e. The Balaban J connectivity index is 1.84. The molecule has 8 nitrogen and oxygen atoms in total. The van der Waals surface area contributed by atoms with Crippen LogP contribution in [0.25, 0.3) is 22.4 Å². The lowest BCUT2D eigenvalue weighted by Gasteiger charge is -2.20. The van der Waals surface area contributed by atoms with Gasteiger partial charge in [0.1, 0.15) is 5.56 Å². The smallest absolute Gasteiger partial charge is 0.254 e. The Labute approximate surface area is 182 Å². The van der Waals surface area contributed by atoms with Crippen LogP contribution in [-0.2, 0) is 0 Å². The van der Waals surface area contributed by atoms with Crippen LogP contribution in [0.15, 0.2) is 67.4 Å². The standard InChI is InChI=1S/C22H18ClN7O/c23-16-9-14(20(13-5-2-1-3-6-13)29-12-26-11-17(16)29)15(10-24)19-18(21(25)31)22-27-7-4-8-30(22)28-19/h1-9,11-12,15H,10,24H2,(H2,25,31).